The highest BCUT2D eigenvalue weighted by molar-refractivity contribution is 5.94. The Labute approximate surface area is 107 Å². The molecule has 18 heavy (non-hydrogen) atoms. The molecule has 0 unspecified atom stereocenters. The zero-order valence-electron chi connectivity index (χ0n) is 11.0. The Kier molecular flexibility index (Phi) is 4.48. The van der Waals surface area contributed by atoms with Gasteiger partial charge in [-0.25, -0.2) is 0 Å². The number of carbonyl (C=O) groups is 2. The molecule has 0 saturated carbocycles. The Balaban J connectivity index is 2.90. The van der Waals surface area contributed by atoms with Crippen LogP contribution in [0, 0.1) is 0 Å². The third-order valence-electron chi connectivity index (χ3n) is 2.62. The van der Waals surface area contributed by atoms with E-state index in [1.807, 2.05) is 26.8 Å². The van der Waals surface area contributed by atoms with Gasteiger partial charge in [0.25, 0.3) is 5.91 Å². The molecule has 1 N–H and O–H groups in total. The number of aliphatic carboxylic acids is 1. The van der Waals surface area contributed by atoms with Crippen molar-refractivity contribution in [1.29, 1.82) is 0 Å². The van der Waals surface area contributed by atoms with Gasteiger partial charge in [0.2, 0.25) is 0 Å². The molecule has 98 valence electrons. The van der Waals surface area contributed by atoms with Gasteiger partial charge in [0.15, 0.2) is 0 Å². The van der Waals surface area contributed by atoms with Crippen molar-refractivity contribution >= 4 is 11.9 Å². The fourth-order valence-electron chi connectivity index (χ4n) is 1.69. The van der Waals surface area contributed by atoms with Crippen LogP contribution >= 0.6 is 0 Å². The molecule has 0 aliphatic carbocycles. The number of carboxylic acids is 1. The molecule has 0 heterocycles. The van der Waals surface area contributed by atoms with Gasteiger partial charge in [0, 0.05) is 17.6 Å². The van der Waals surface area contributed by atoms with Crippen LogP contribution in [0.3, 0.4) is 0 Å². The summed E-state index contributed by atoms with van der Waals surface area (Å²) in [7, 11) is 0. The second-order valence-electron chi connectivity index (χ2n) is 5.14. The van der Waals surface area contributed by atoms with Crippen molar-refractivity contribution in [2.24, 2.45) is 0 Å². The lowest BCUT2D eigenvalue weighted by atomic mass is 10.0. The van der Waals surface area contributed by atoms with Crippen molar-refractivity contribution in [1.82, 2.24) is 4.90 Å². The van der Waals surface area contributed by atoms with Gasteiger partial charge in [0.05, 0.1) is 6.42 Å². The van der Waals surface area contributed by atoms with Gasteiger partial charge >= 0.3 is 5.97 Å². The summed E-state index contributed by atoms with van der Waals surface area (Å²) in [5.41, 5.74) is 0.181. The summed E-state index contributed by atoms with van der Waals surface area (Å²) in [6.45, 7) is 5.91. The lowest BCUT2D eigenvalue weighted by Crippen LogP contribution is -2.46. The monoisotopic (exact) mass is 249 g/mol. The van der Waals surface area contributed by atoms with E-state index in [9.17, 15) is 9.59 Å². The fraction of sp³-hybridized carbons (Fsp3) is 0.429. The van der Waals surface area contributed by atoms with Crippen molar-refractivity contribution in [2.75, 3.05) is 6.54 Å². The zero-order valence-corrected chi connectivity index (χ0v) is 11.0. The molecule has 0 saturated heterocycles. The summed E-state index contributed by atoms with van der Waals surface area (Å²) in [5, 5.41) is 8.74. The third-order valence-corrected chi connectivity index (χ3v) is 2.62. The Bertz CT molecular complexity index is 420. The van der Waals surface area contributed by atoms with E-state index in [0.717, 1.165) is 0 Å². The van der Waals surface area contributed by atoms with Gasteiger partial charge in [-0.05, 0) is 32.9 Å². The van der Waals surface area contributed by atoms with E-state index in [0.29, 0.717) is 5.56 Å². The highest BCUT2D eigenvalue weighted by Crippen LogP contribution is 2.17. The summed E-state index contributed by atoms with van der Waals surface area (Å²) in [5.74, 6) is -1.03. The number of benzene rings is 1. The summed E-state index contributed by atoms with van der Waals surface area (Å²) in [6.07, 6.45) is -0.0458. The van der Waals surface area contributed by atoms with Crippen molar-refractivity contribution in [3.05, 3.63) is 35.9 Å². The molecule has 4 heteroatoms. The van der Waals surface area contributed by atoms with Crippen LogP contribution in [0.15, 0.2) is 30.3 Å². The molecule has 0 aromatic heterocycles. The maximum atomic E-state index is 12.3. The minimum atomic E-state index is -0.898. The van der Waals surface area contributed by atoms with Crippen LogP contribution in [0.2, 0.25) is 0 Å². The van der Waals surface area contributed by atoms with E-state index in [4.69, 9.17) is 5.11 Å². The van der Waals surface area contributed by atoms with Gasteiger partial charge in [-0.1, -0.05) is 18.2 Å². The molecule has 0 aliphatic rings. The topological polar surface area (TPSA) is 57.6 Å². The van der Waals surface area contributed by atoms with Crippen LogP contribution in [0.25, 0.3) is 0 Å². The number of carboxylic acid groups (broad SMARTS) is 1. The molecule has 0 radical (unpaired) electrons. The maximum Gasteiger partial charge on any atom is 0.305 e. The van der Waals surface area contributed by atoms with E-state index >= 15 is 0 Å². The molecular weight excluding hydrogens is 230 g/mol. The van der Waals surface area contributed by atoms with Crippen molar-refractivity contribution in [3.63, 3.8) is 0 Å². The molecule has 1 rings (SSSR count). The highest BCUT2D eigenvalue weighted by Gasteiger charge is 2.27. The Morgan fingerprint density at radius 1 is 1.17 bits per heavy atom. The fourth-order valence-corrected chi connectivity index (χ4v) is 1.69. The predicted molar refractivity (Wildman–Crippen MR) is 69.5 cm³/mol. The van der Waals surface area contributed by atoms with Gasteiger partial charge in [0.1, 0.15) is 0 Å². The molecule has 1 aromatic rings. The summed E-state index contributed by atoms with van der Waals surface area (Å²) < 4.78 is 0. The molecule has 1 amide bonds. The Morgan fingerprint density at radius 3 is 2.17 bits per heavy atom. The molecule has 0 spiro atoms. The van der Waals surface area contributed by atoms with Gasteiger partial charge < -0.3 is 10.0 Å². The summed E-state index contributed by atoms with van der Waals surface area (Å²) in [4.78, 5) is 24.6. The Morgan fingerprint density at radius 2 is 1.72 bits per heavy atom. The first-order chi connectivity index (χ1) is 8.32. The molecule has 4 nitrogen and oxygen atoms in total. The second kappa shape index (κ2) is 5.67. The van der Waals surface area contributed by atoms with E-state index in [1.165, 1.54) is 0 Å². The van der Waals surface area contributed by atoms with Crippen LogP contribution in [-0.2, 0) is 4.79 Å². The minimum Gasteiger partial charge on any atom is -0.481 e. The molecule has 0 fully saturated rings. The largest absolute Gasteiger partial charge is 0.481 e. The Hall–Kier alpha value is -1.84. The smallest absolute Gasteiger partial charge is 0.305 e. The number of carbonyl (C=O) groups excluding carboxylic acids is 1. The number of hydrogen-bond acceptors (Lipinski definition) is 2. The molecule has 0 bridgehead atoms. The standard InChI is InChI=1S/C14H19NO3/c1-14(2,3)15(10-9-12(16)17)13(18)11-7-5-4-6-8-11/h4-8H,9-10H2,1-3H3,(H,16,17). The number of rotatable bonds is 4. The summed E-state index contributed by atoms with van der Waals surface area (Å²) in [6, 6.07) is 8.91. The number of amides is 1. The predicted octanol–water partition coefficient (Wildman–Crippen LogP) is 2.40. The average Bonchev–Trinajstić information content (AvgIpc) is 2.28. The van der Waals surface area contributed by atoms with Gasteiger partial charge in [-0.15, -0.1) is 0 Å². The SMILES string of the molecule is CC(C)(C)N(CCC(=O)O)C(=O)c1ccccc1. The van der Waals surface area contributed by atoms with Crippen LogP contribution in [0.1, 0.15) is 37.6 Å². The minimum absolute atomic E-state index is 0.0458. The zero-order chi connectivity index (χ0) is 13.8. The first kappa shape index (κ1) is 14.2. The van der Waals surface area contributed by atoms with E-state index in [2.05, 4.69) is 0 Å². The maximum absolute atomic E-state index is 12.3. The lowest BCUT2D eigenvalue weighted by molar-refractivity contribution is -0.137. The van der Waals surface area contributed by atoms with Crippen LogP contribution in [0.4, 0.5) is 0 Å². The van der Waals surface area contributed by atoms with Crippen LogP contribution in [-0.4, -0.2) is 34.0 Å². The van der Waals surface area contributed by atoms with Crippen LogP contribution < -0.4 is 0 Å². The molecular formula is C14H19NO3. The first-order valence-corrected chi connectivity index (χ1v) is 5.91. The van der Waals surface area contributed by atoms with Crippen molar-refractivity contribution in [2.45, 2.75) is 32.7 Å². The van der Waals surface area contributed by atoms with Crippen LogP contribution in [0.5, 0.6) is 0 Å². The second-order valence-corrected chi connectivity index (χ2v) is 5.14. The highest BCUT2D eigenvalue weighted by atomic mass is 16.4. The quantitative estimate of drug-likeness (QED) is 0.891. The molecule has 0 aliphatic heterocycles. The average molecular weight is 249 g/mol. The molecule has 0 atom stereocenters. The van der Waals surface area contributed by atoms with Crippen molar-refractivity contribution in [3.8, 4) is 0 Å². The first-order valence-electron chi connectivity index (χ1n) is 5.91. The van der Waals surface area contributed by atoms with E-state index in [-0.39, 0.29) is 18.9 Å². The van der Waals surface area contributed by atoms with E-state index < -0.39 is 11.5 Å². The normalized spacial score (nSPS) is 11.1. The molecule has 1 aromatic carbocycles. The van der Waals surface area contributed by atoms with Crippen molar-refractivity contribution < 1.29 is 14.7 Å². The van der Waals surface area contributed by atoms with Gasteiger partial charge in [-0.3, -0.25) is 9.59 Å². The lowest BCUT2D eigenvalue weighted by Gasteiger charge is -2.35. The number of hydrogen-bond donors (Lipinski definition) is 1. The third kappa shape index (κ3) is 3.87. The van der Waals surface area contributed by atoms with E-state index in [1.54, 1.807) is 29.2 Å². The van der Waals surface area contributed by atoms with Gasteiger partial charge in [-0.2, -0.15) is 0 Å². The summed E-state index contributed by atoms with van der Waals surface area (Å²) >= 11 is 0. The number of nitrogens with zero attached hydrogens (tertiary/aromatic N) is 1.